The molecular weight excluding hydrogens is 314 g/mol. The number of unbranched alkanes of at least 4 members (excludes halogenated alkanes) is 3. The van der Waals surface area contributed by atoms with Crippen molar-refractivity contribution >= 4 is 0 Å². The van der Waals surface area contributed by atoms with E-state index in [1.807, 2.05) is 0 Å². The van der Waals surface area contributed by atoms with E-state index in [4.69, 9.17) is 0 Å². The predicted octanol–water partition coefficient (Wildman–Crippen LogP) is 7.69. The molecule has 0 aromatic carbocycles. The summed E-state index contributed by atoms with van der Waals surface area (Å²) in [5, 5.41) is 0. The maximum atomic E-state index is 2.82. The summed E-state index contributed by atoms with van der Waals surface area (Å²) in [7, 11) is 0. The summed E-state index contributed by atoms with van der Waals surface area (Å²) < 4.78 is 0. The van der Waals surface area contributed by atoms with Crippen LogP contribution in [0.25, 0.3) is 0 Å². The monoisotopic (exact) mass is 363 g/mol. The van der Waals surface area contributed by atoms with Crippen molar-refractivity contribution in [1.29, 1.82) is 0 Å². The minimum atomic E-state index is 0.776. The van der Waals surface area contributed by atoms with Crippen LogP contribution < -0.4 is 0 Å². The number of hydrogen-bond donors (Lipinski definition) is 0. The van der Waals surface area contributed by atoms with E-state index in [1.54, 1.807) is 12.8 Å². The topological polar surface area (TPSA) is 3.24 Å². The van der Waals surface area contributed by atoms with Crippen molar-refractivity contribution < 1.29 is 0 Å². The molecule has 1 nitrogen and oxygen atoms in total. The molecule has 0 bridgehead atoms. The molecule has 2 fully saturated rings. The summed E-state index contributed by atoms with van der Waals surface area (Å²) >= 11 is 0. The summed E-state index contributed by atoms with van der Waals surface area (Å²) in [5.74, 6) is 2.99. The van der Waals surface area contributed by atoms with Gasteiger partial charge in [0.2, 0.25) is 0 Å². The minimum Gasteiger partial charge on any atom is -0.303 e. The minimum absolute atomic E-state index is 0.776. The first-order chi connectivity index (χ1) is 12.6. The molecule has 0 amide bonds. The maximum absolute atomic E-state index is 2.82. The van der Waals surface area contributed by atoms with Crippen molar-refractivity contribution in [2.75, 3.05) is 19.6 Å². The fraction of sp³-hybridized carbons (Fsp3) is 1.00. The average Bonchev–Trinajstić information content (AvgIpc) is 2.62. The highest BCUT2D eigenvalue weighted by Crippen LogP contribution is 2.54. The molecule has 154 valence electrons. The van der Waals surface area contributed by atoms with Crippen LogP contribution in [0.4, 0.5) is 0 Å². The molecule has 2 rings (SSSR count). The zero-order chi connectivity index (χ0) is 18.8. The highest BCUT2D eigenvalue weighted by molar-refractivity contribution is 4.97. The van der Waals surface area contributed by atoms with E-state index in [9.17, 15) is 0 Å². The van der Waals surface area contributed by atoms with Crippen molar-refractivity contribution in [3.63, 3.8) is 0 Å². The van der Waals surface area contributed by atoms with Gasteiger partial charge in [-0.1, -0.05) is 85.5 Å². The van der Waals surface area contributed by atoms with Crippen LogP contribution >= 0.6 is 0 Å². The Morgan fingerprint density at radius 1 is 0.885 bits per heavy atom. The SMILES string of the molecule is CCCCCCC(CC)CN1CCC2(CC1)CC(CCC(C)CCC)C2. The predicted molar refractivity (Wildman–Crippen MR) is 117 cm³/mol. The van der Waals surface area contributed by atoms with Gasteiger partial charge in [-0.25, -0.2) is 0 Å². The molecule has 1 heteroatoms. The summed E-state index contributed by atoms with van der Waals surface area (Å²) in [6.07, 6.45) is 20.5. The number of rotatable bonds is 13. The Hall–Kier alpha value is -0.0400. The van der Waals surface area contributed by atoms with E-state index in [0.717, 1.165) is 23.2 Å². The van der Waals surface area contributed by atoms with E-state index in [1.165, 1.54) is 96.7 Å². The Labute approximate surface area is 165 Å². The summed E-state index contributed by atoms with van der Waals surface area (Å²) in [4.78, 5) is 2.82. The molecule has 0 aromatic heterocycles. The zero-order valence-corrected chi connectivity index (χ0v) is 18.7. The molecular formula is C25H49N. The smallest absolute Gasteiger partial charge is 0.000956 e. The molecule has 1 aliphatic carbocycles. The van der Waals surface area contributed by atoms with Crippen molar-refractivity contribution in [1.82, 2.24) is 4.90 Å². The molecule has 26 heavy (non-hydrogen) atoms. The lowest BCUT2D eigenvalue weighted by atomic mass is 9.56. The van der Waals surface area contributed by atoms with Crippen LogP contribution in [-0.2, 0) is 0 Å². The van der Waals surface area contributed by atoms with Gasteiger partial charge in [0, 0.05) is 6.54 Å². The number of likely N-dealkylation sites (tertiary alicyclic amines) is 1. The third-order valence-electron chi connectivity index (χ3n) is 7.77. The van der Waals surface area contributed by atoms with Crippen molar-refractivity contribution in [2.24, 2.45) is 23.2 Å². The van der Waals surface area contributed by atoms with E-state index in [-0.39, 0.29) is 0 Å². The first kappa shape index (κ1) is 22.3. The summed E-state index contributed by atoms with van der Waals surface area (Å²) in [6, 6.07) is 0. The van der Waals surface area contributed by atoms with Crippen LogP contribution in [0.2, 0.25) is 0 Å². The second-order valence-electron chi connectivity index (χ2n) is 10.2. The van der Waals surface area contributed by atoms with Gasteiger partial charge in [-0.05, 0) is 68.4 Å². The molecule has 1 aliphatic heterocycles. The van der Waals surface area contributed by atoms with E-state index in [2.05, 4.69) is 32.6 Å². The quantitative estimate of drug-likeness (QED) is 0.303. The van der Waals surface area contributed by atoms with Gasteiger partial charge in [-0.3, -0.25) is 0 Å². The second kappa shape index (κ2) is 11.7. The molecule has 0 radical (unpaired) electrons. The molecule has 2 atom stereocenters. The Balaban J connectivity index is 1.59. The van der Waals surface area contributed by atoms with Gasteiger partial charge in [-0.15, -0.1) is 0 Å². The van der Waals surface area contributed by atoms with Crippen LogP contribution in [0.5, 0.6) is 0 Å². The van der Waals surface area contributed by atoms with E-state index >= 15 is 0 Å². The average molecular weight is 364 g/mol. The van der Waals surface area contributed by atoms with Crippen molar-refractivity contribution in [2.45, 2.75) is 118 Å². The fourth-order valence-electron chi connectivity index (χ4n) is 5.79. The molecule has 0 aromatic rings. The molecule has 2 aliphatic rings. The summed E-state index contributed by atoms with van der Waals surface area (Å²) in [5.41, 5.74) is 0.776. The normalized spacial score (nSPS) is 23.1. The van der Waals surface area contributed by atoms with Gasteiger partial charge in [-0.2, -0.15) is 0 Å². The lowest BCUT2D eigenvalue weighted by Crippen LogP contribution is -2.48. The van der Waals surface area contributed by atoms with Gasteiger partial charge < -0.3 is 4.90 Å². The zero-order valence-electron chi connectivity index (χ0n) is 18.7. The molecule has 1 spiro atoms. The molecule has 0 N–H and O–H groups in total. The highest BCUT2D eigenvalue weighted by Gasteiger charge is 2.45. The van der Waals surface area contributed by atoms with Crippen molar-refractivity contribution in [3.05, 3.63) is 0 Å². The van der Waals surface area contributed by atoms with E-state index in [0.29, 0.717) is 0 Å². The maximum Gasteiger partial charge on any atom is 0.000956 e. The third kappa shape index (κ3) is 7.17. The first-order valence-electron chi connectivity index (χ1n) is 12.3. The van der Waals surface area contributed by atoms with Gasteiger partial charge >= 0.3 is 0 Å². The Kier molecular flexibility index (Phi) is 10.0. The lowest BCUT2D eigenvalue weighted by molar-refractivity contribution is -0.0215. The number of nitrogens with zero attached hydrogens (tertiary/aromatic N) is 1. The summed E-state index contributed by atoms with van der Waals surface area (Å²) in [6.45, 7) is 13.7. The molecule has 1 saturated carbocycles. The third-order valence-corrected chi connectivity index (χ3v) is 7.77. The largest absolute Gasteiger partial charge is 0.303 e. The van der Waals surface area contributed by atoms with Crippen molar-refractivity contribution in [3.8, 4) is 0 Å². The van der Waals surface area contributed by atoms with Crippen LogP contribution in [0.1, 0.15) is 118 Å². The van der Waals surface area contributed by atoms with Crippen LogP contribution in [0, 0.1) is 23.2 Å². The molecule has 1 saturated heterocycles. The number of piperidine rings is 1. The molecule has 1 heterocycles. The fourth-order valence-corrected chi connectivity index (χ4v) is 5.79. The number of hydrogen-bond acceptors (Lipinski definition) is 1. The Bertz CT molecular complexity index is 347. The standard InChI is InChI=1S/C25H49N/c1-5-8-9-10-12-23(7-3)21-26-17-15-25(16-18-26)19-24(20-25)14-13-22(4)11-6-2/h22-24H,5-21H2,1-4H3. The second-order valence-corrected chi connectivity index (χ2v) is 10.2. The highest BCUT2D eigenvalue weighted by atomic mass is 15.1. The Morgan fingerprint density at radius 2 is 1.62 bits per heavy atom. The van der Waals surface area contributed by atoms with Gasteiger partial charge in [0.15, 0.2) is 0 Å². The lowest BCUT2D eigenvalue weighted by Gasteiger charge is -2.53. The van der Waals surface area contributed by atoms with Crippen LogP contribution in [0.15, 0.2) is 0 Å². The molecule has 2 unspecified atom stereocenters. The van der Waals surface area contributed by atoms with E-state index < -0.39 is 0 Å². The van der Waals surface area contributed by atoms with Gasteiger partial charge in [0.1, 0.15) is 0 Å². The Morgan fingerprint density at radius 3 is 2.23 bits per heavy atom. The van der Waals surface area contributed by atoms with Gasteiger partial charge in [0.05, 0.1) is 0 Å². The van der Waals surface area contributed by atoms with Crippen LogP contribution in [0.3, 0.4) is 0 Å². The van der Waals surface area contributed by atoms with Crippen LogP contribution in [-0.4, -0.2) is 24.5 Å². The van der Waals surface area contributed by atoms with Gasteiger partial charge in [0.25, 0.3) is 0 Å². The first-order valence-corrected chi connectivity index (χ1v) is 12.3.